The number of halogens is 2. The number of anilines is 2. The van der Waals surface area contributed by atoms with Gasteiger partial charge in [-0.2, -0.15) is 0 Å². The smallest absolute Gasteiger partial charge is 0.229 e. The molecule has 2 aromatic rings. The Labute approximate surface area is 166 Å². The van der Waals surface area contributed by atoms with Gasteiger partial charge >= 0.3 is 0 Å². The molecule has 0 aromatic heterocycles. The highest BCUT2D eigenvalue weighted by Gasteiger charge is 2.35. The van der Waals surface area contributed by atoms with E-state index in [-0.39, 0.29) is 24.2 Å². The first-order valence-corrected chi connectivity index (χ1v) is 9.58. The van der Waals surface area contributed by atoms with E-state index in [0.717, 1.165) is 21.3 Å². The molecule has 1 fully saturated rings. The lowest BCUT2D eigenvalue weighted by Crippen LogP contribution is -2.28. The number of rotatable bonds is 3. The Balaban J connectivity index is 1.75. The van der Waals surface area contributed by atoms with Gasteiger partial charge in [0.05, 0.1) is 10.9 Å². The van der Waals surface area contributed by atoms with Gasteiger partial charge in [0, 0.05) is 28.8 Å². The van der Waals surface area contributed by atoms with Crippen LogP contribution < -0.4 is 10.2 Å². The first-order chi connectivity index (χ1) is 12.3. The second kappa shape index (κ2) is 7.41. The predicted octanol–water partition coefficient (Wildman–Crippen LogP) is 5.02. The van der Waals surface area contributed by atoms with Crippen LogP contribution in [0.25, 0.3) is 0 Å². The Morgan fingerprint density at radius 2 is 1.92 bits per heavy atom. The lowest BCUT2D eigenvalue weighted by Gasteiger charge is -2.18. The van der Waals surface area contributed by atoms with Crippen molar-refractivity contribution in [3.63, 3.8) is 0 Å². The van der Waals surface area contributed by atoms with Crippen molar-refractivity contribution in [1.82, 2.24) is 0 Å². The Hall–Kier alpha value is -1.85. The number of hydrogen-bond acceptors (Lipinski definition) is 2. The zero-order chi connectivity index (χ0) is 19.0. The van der Waals surface area contributed by atoms with Crippen LogP contribution in [0.1, 0.15) is 23.1 Å². The van der Waals surface area contributed by atoms with Gasteiger partial charge in [-0.3, -0.25) is 9.59 Å². The Kier molecular flexibility index (Phi) is 5.39. The molecule has 1 aliphatic heterocycles. The van der Waals surface area contributed by atoms with Gasteiger partial charge in [0.1, 0.15) is 0 Å². The average molecular weight is 436 g/mol. The molecule has 0 aliphatic carbocycles. The summed E-state index contributed by atoms with van der Waals surface area (Å²) in [6.45, 7) is 6.29. The molecule has 0 bridgehead atoms. The Morgan fingerprint density at radius 3 is 2.62 bits per heavy atom. The summed E-state index contributed by atoms with van der Waals surface area (Å²) in [7, 11) is 0. The van der Waals surface area contributed by atoms with Crippen LogP contribution in [-0.2, 0) is 9.59 Å². The SMILES string of the molecule is Cc1ccc(N2C[C@@H](C(=O)Nc3ccc(Br)c(Cl)c3C)CC2=O)cc1C. The summed E-state index contributed by atoms with van der Waals surface area (Å²) >= 11 is 9.59. The van der Waals surface area contributed by atoms with E-state index in [2.05, 4.69) is 21.2 Å². The first-order valence-electron chi connectivity index (χ1n) is 8.41. The molecular formula is C20H20BrClN2O2. The van der Waals surface area contributed by atoms with Crippen molar-refractivity contribution in [2.45, 2.75) is 27.2 Å². The van der Waals surface area contributed by atoms with Gasteiger partial charge in [-0.1, -0.05) is 17.7 Å². The third kappa shape index (κ3) is 3.64. The van der Waals surface area contributed by atoms with Crippen molar-refractivity contribution in [3.8, 4) is 0 Å². The normalized spacial score (nSPS) is 16.9. The third-order valence-corrected chi connectivity index (χ3v) is 6.27. The van der Waals surface area contributed by atoms with E-state index in [1.54, 1.807) is 17.0 Å². The molecular weight excluding hydrogens is 416 g/mol. The number of nitrogens with zero attached hydrogens (tertiary/aromatic N) is 1. The maximum absolute atomic E-state index is 12.7. The number of aryl methyl sites for hydroxylation is 2. The predicted molar refractivity (Wildman–Crippen MR) is 109 cm³/mol. The molecule has 6 heteroatoms. The van der Waals surface area contributed by atoms with E-state index in [1.165, 1.54) is 5.56 Å². The third-order valence-electron chi connectivity index (χ3n) is 4.90. The molecule has 0 radical (unpaired) electrons. The summed E-state index contributed by atoms with van der Waals surface area (Å²) in [4.78, 5) is 26.8. The van der Waals surface area contributed by atoms with Crippen LogP contribution in [0, 0.1) is 26.7 Å². The molecule has 1 saturated heterocycles. The molecule has 3 rings (SSSR count). The molecule has 0 saturated carbocycles. The van der Waals surface area contributed by atoms with Crippen molar-refractivity contribution in [1.29, 1.82) is 0 Å². The van der Waals surface area contributed by atoms with E-state index < -0.39 is 0 Å². The minimum atomic E-state index is -0.383. The minimum absolute atomic E-state index is 0.0287. The molecule has 2 amide bonds. The van der Waals surface area contributed by atoms with Gasteiger partial charge in [0.2, 0.25) is 11.8 Å². The highest BCUT2D eigenvalue weighted by molar-refractivity contribution is 9.10. The number of hydrogen-bond donors (Lipinski definition) is 1. The fourth-order valence-corrected chi connectivity index (χ4v) is 3.64. The highest BCUT2D eigenvalue weighted by Crippen LogP contribution is 2.32. The van der Waals surface area contributed by atoms with E-state index in [1.807, 2.05) is 39.0 Å². The quantitative estimate of drug-likeness (QED) is 0.736. The zero-order valence-electron chi connectivity index (χ0n) is 14.9. The van der Waals surface area contributed by atoms with E-state index >= 15 is 0 Å². The van der Waals surface area contributed by atoms with Crippen LogP contribution in [0.5, 0.6) is 0 Å². The van der Waals surface area contributed by atoms with Crippen molar-refractivity contribution in [3.05, 3.63) is 56.5 Å². The monoisotopic (exact) mass is 434 g/mol. The van der Waals surface area contributed by atoms with Crippen LogP contribution in [0.3, 0.4) is 0 Å². The van der Waals surface area contributed by atoms with Crippen LogP contribution in [-0.4, -0.2) is 18.4 Å². The molecule has 1 atom stereocenters. The first kappa shape index (κ1) is 18.9. The van der Waals surface area contributed by atoms with Crippen molar-refractivity contribution < 1.29 is 9.59 Å². The number of benzene rings is 2. The molecule has 1 heterocycles. The molecule has 4 nitrogen and oxygen atoms in total. The maximum atomic E-state index is 12.7. The van der Waals surface area contributed by atoms with Gasteiger partial charge < -0.3 is 10.2 Å². The van der Waals surface area contributed by atoms with Gasteiger partial charge in [-0.05, 0) is 77.7 Å². The van der Waals surface area contributed by atoms with Crippen molar-refractivity contribution >= 4 is 50.7 Å². The number of amides is 2. The minimum Gasteiger partial charge on any atom is -0.325 e. The van der Waals surface area contributed by atoms with Gasteiger partial charge in [-0.25, -0.2) is 0 Å². The van der Waals surface area contributed by atoms with Crippen LogP contribution in [0.2, 0.25) is 5.02 Å². The van der Waals surface area contributed by atoms with Crippen molar-refractivity contribution in [2.24, 2.45) is 5.92 Å². The summed E-state index contributed by atoms with van der Waals surface area (Å²) < 4.78 is 0.784. The Morgan fingerprint density at radius 1 is 1.19 bits per heavy atom. The van der Waals surface area contributed by atoms with E-state index in [4.69, 9.17) is 11.6 Å². The lowest BCUT2D eigenvalue weighted by atomic mass is 10.1. The summed E-state index contributed by atoms with van der Waals surface area (Å²) in [6.07, 6.45) is 0.210. The number of carbonyl (C=O) groups excluding carboxylic acids is 2. The number of nitrogens with one attached hydrogen (secondary N) is 1. The van der Waals surface area contributed by atoms with Crippen LogP contribution in [0.4, 0.5) is 11.4 Å². The summed E-state index contributed by atoms with van der Waals surface area (Å²) in [5.74, 6) is -0.573. The molecule has 2 aromatic carbocycles. The van der Waals surface area contributed by atoms with Crippen molar-refractivity contribution in [2.75, 3.05) is 16.8 Å². The second-order valence-corrected chi connectivity index (χ2v) is 7.93. The summed E-state index contributed by atoms with van der Waals surface area (Å²) in [5.41, 5.74) is 4.61. The molecule has 0 spiro atoms. The standard InChI is InChI=1S/C20H20BrClN2O2/c1-11-4-5-15(8-12(11)2)24-10-14(9-18(24)25)20(26)23-17-7-6-16(21)19(22)13(17)3/h4-8,14H,9-10H2,1-3H3,(H,23,26)/t14-/m0/s1. The molecule has 1 aliphatic rings. The maximum Gasteiger partial charge on any atom is 0.229 e. The zero-order valence-corrected chi connectivity index (χ0v) is 17.2. The highest BCUT2D eigenvalue weighted by atomic mass is 79.9. The van der Waals surface area contributed by atoms with Crippen LogP contribution in [0.15, 0.2) is 34.8 Å². The van der Waals surface area contributed by atoms with Gasteiger partial charge in [0.25, 0.3) is 0 Å². The fraction of sp³-hybridized carbons (Fsp3) is 0.300. The molecule has 1 N–H and O–H groups in total. The average Bonchev–Trinajstić information content (AvgIpc) is 3.00. The summed E-state index contributed by atoms with van der Waals surface area (Å²) in [6, 6.07) is 9.52. The topological polar surface area (TPSA) is 49.4 Å². The molecule has 0 unspecified atom stereocenters. The van der Waals surface area contributed by atoms with E-state index in [0.29, 0.717) is 17.3 Å². The fourth-order valence-electron chi connectivity index (χ4n) is 3.05. The van der Waals surface area contributed by atoms with Gasteiger partial charge in [-0.15, -0.1) is 0 Å². The van der Waals surface area contributed by atoms with E-state index in [9.17, 15) is 9.59 Å². The van der Waals surface area contributed by atoms with Gasteiger partial charge in [0.15, 0.2) is 0 Å². The molecule has 26 heavy (non-hydrogen) atoms. The lowest BCUT2D eigenvalue weighted by molar-refractivity contribution is -0.122. The number of carbonyl (C=O) groups is 2. The molecule has 136 valence electrons. The van der Waals surface area contributed by atoms with Crippen LogP contribution >= 0.6 is 27.5 Å². The second-order valence-electron chi connectivity index (χ2n) is 6.70. The summed E-state index contributed by atoms with van der Waals surface area (Å²) in [5, 5.41) is 3.48. The Bertz CT molecular complexity index is 898. The largest absolute Gasteiger partial charge is 0.325 e.